The number of nitrogens with one attached hydrogen (secondary N) is 2. The lowest BCUT2D eigenvalue weighted by Gasteiger charge is -2.30. The van der Waals surface area contributed by atoms with Gasteiger partial charge in [-0.3, -0.25) is 4.79 Å². The number of halogens is 4. The zero-order valence-electron chi connectivity index (χ0n) is 17.5. The Balaban J connectivity index is 2.14. The van der Waals surface area contributed by atoms with Crippen molar-refractivity contribution in [3.8, 4) is 5.75 Å². The highest BCUT2D eigenvalue weighted by atomic mass is 35.5. The molecule has 0 spiro atoms. The van der Waals surface area contributed by atoms with E-state index in [9.17, 15) is 27.6 Å². The number of esters is 1. The molecule has 0 aliphatic carbocycles. The standard InChI is InChI=1S/C21H19ClF3N3O5/c1-3-33-19(30)16-15(10-28-9-12(21(23,24)25)8-14(22)18(28)29)26-20(31)27-17(16)11-4-6-13(32-2)7-5-11/h4-9,17H,3,10H2,1-2H3,(H2,26,27,31)/t17-/m1/s1. The molecule has 0 bridgehead atoms. The first-order valence-electron chi connectivity index (χ1n) is 9.64. The van der Waals surface area contributed by atoms with Crippen molar-refractivity contribution < 1.29 is 32.2 Å². The molecule has 2 N–H and O–H groups in total. The highest BCUT2D eigenvalue weighted by Crippen LogP contribution is 2.31. The molecule has 8 nitrogen and oxygen atoms in total. The normalized spacial score (nSPS) is 16.2. The van der Waals surface area contributed by atoms with E-state index in [1.54, 1.807) is 31.2 Å². The highest BCUT2D eigenvalue weighted by Gasteiger charge is 2.35. The van der Waals surface area contributed by atoms with Crippen LogP contribution in [0.15, 0.2) is 52.6 Å². The Morgan fingerprint density at radius 1 is 1.21 bits per heavy atom. The largest absolute Gasteiger partial charge is 0.497 e. The van der Waals surface area contributed by atoms with Crippen molar-refractivity contribution in [2.24, 2.45) is 0 Å². The summed E-state index contributed by atoms with van der Waals surface area (Å²) in [5.41, 5.74) is -1.76. The average Bonchev–Trinajstić information content (AvgIpc) is 2.75. The zero-order chi connectivity index (χ0) is 24.3. The number of hydrogen-bond donors (Lipinski definition) is 2. The maximum Gasteiger partial charge on any atom is 0.417 e. The van der Waals surface area contributed by atoms with Crippen molar-refractivity contribution in [2.45, 2.75) is 25.7 Å². The fourth-order valence-corrected chi connectivity index (χ4v) is 3.51. The van der Waals surface area contributed by atoms with Gasteiger partial charge in [0.15, 0.2) is 0 Å². The second-order valence-electron chi connectivity index (χ2n) is 6.92. The van der Waals surface area contributed by atoms with Crippen molar-refractivity contribution >= 4 is 23.6 Å². The molecule has 1 aliphatic rings. The van der Waals surface area contributed by atoms with Crippen LogP contribution in [0, 0.1) is 0 Å². The second-order valence-corrected chi connectivity index (χ2v) is 7.33. The zero-order valence-corrected chi connectivity index (χ0v) is 18.2. The van der Waals surface area contributed by atoms with Gasteiger partial charge < -0.3 is 24.7 Å². The van der Waals surface area contributed by atoms with Crippen LogP contribution in [0.1, 0.15) is 24.1 Å². The topological polar surface area (TPSA) is 98.7 Å². The van der Waals surface area contributed by atoms with Gasteiger partial charge in [-0.1, -0.05) is 23.7 Å². The molecule has 2 heterocycles. The first-order chi connectivity index (χ1) is 15.5. The molecule has 12 heteroatoms. The number of methoxy groups -OCH3 is 1. The minimum absolute atomic E-state index is 0.00816. The van der Waals surface area contributed by atoms with Crippen LogP contribution in [0.25, 0.3) is 0 Å². The molecule has 2 amide bonds. The molecule has 0 saturated heterocycles. The lowest BCUT2D eigenvalue weighted by atomic mass is 9.95. The number of carbonyl (C=O) groups excluding carboxylic acids is 2. The summed E-state index contributed by atoms with van der Waals surface area (Å²) in [5.74, 6) is -0.280. The molecule has 176 valence electrons. The van der Waals surface area contributed by atoms with Gasteiger partial charge in [-0.2, -0.15) is 13.2 Å². The maximum atomic E-state index is 13.2. The van der Waals surface area contributed by atoms with Crippen molar-refractivity contribution in [3.05, 3.63) is 74.3 Å². The SMILES string of the molecule is CCOC(=O)C1=C(Cn2cc(C(F)(F)F)cc(Cl)c2=O)NC(=O)N[C@@H]1c1ccc(OC)cc1. The summed E-state index contributed by atoms with van der Waals surface area (Å²) in [6, 6.07) is 5.26. The third-order valence-corrected chi connectivity index (χ3v) is 5.07. The lowest BCUT2D eigenvalue weighted by Crippen LogP contribution is -2.47. The molecule has 0 saturated carbocycles. The molecule has 0 unspecified atom stereocenters. The fourth-order valence-electron chi connectivity index (χ4n) is 3.28. The third-order valence-electron chi connectivity index (χ3n) is 4.80. The summed E-state index contributed by atoms with van der Waals surface area (Å²) in [4.78, 5) is 37.6. The Morgan fingerprint density at radius 3 is 2.45 bits per heavy atom. The van der Waals surface area contributed by atoms with Gasteiger partial charge in [-0.15, -0.1) is 0 Å². The van der Waals surface area contributed by atoms with Gasteiger partial charge in [0.25, 0.3) is 5.56 Å². The van der Waals surface area contributed by atoms with E-state index in [1.165, 1.54) is 7.11 Å². The number of rotatable bonds is 6. The van der Waals surface area contributed by atoms with Crippen LogP contribution < -0.4 is 20.9 Å². The van der Waals surface area contributed by atoms with Crippen molar-refractivity contribution in [3.63, 3.8) is 0 Å². The molecular weight excluding hydrogens is 467 g/mol. The van der Waals surface area contributed by atoms with E-state index >= 15 is 0 Å². The van der Waals surface area contributed by atoms with Crippen molar-refractivity contribution in [1.29, 1.82) is 0 Å². The van der Waals surface area contributed by atoms with E-state index in [2.05, 4.69) is 10.6 Å². The average molecular weight is 486 g/mol. The van der Waals surface area contributed by atoms with E-state index in [4.69, 9.17) is 21.1 Å². The Labute approximate surface area is 190 Å². The van der Waals surface area contributed by atoms with E-state index in [0.717, 1.165) is 0 Å². The summed E-state index contributed by atoms with van der Waals surface area (Å²) in [5, 5.41) is 4.34. The number of urea groups is 1. The number of benzene rings is 1. The van der Waals surface area contributed by atoms with E-state index in [0.29, 0.717) is 28.1 Å². The Kier molecular flexibility index (Phi) is 7.01. The van der Waals surface area contributed by atoms with Gasteiger partial charge in [0, 0.05) is 6.20 Å². The van der Waals surface area contributed by atoms with Crippen molar-refractivity contribution in [2.75, 3.05) is 13.7 Å². The number of alkyl halides is 3. The summed E-state index contributed by atoms with van der Waals surface area (Å²) < 4.78 is 50.6. The number of ether oxygens (including phenoxy) is 2. The highest BCUT2D eigenvalue weighted by molar-refractivity contribution is 6.30. The van der Waals surface area contributed by atoms with Crippen LogP contribution in [0.3, 0.4) is 0 Å². The summed E-state index contributed by atoms with van der Waals surface area (Å²) in [6.07, 6.45) is -4.19. The number of hydrogen-bond acceptors (Lipinski definition) is 5. The molecule has 1 aromatic heterocycles. The first-order valence-corrected chi connectivity index (χ1v) is 10.0. The number of pyridine rings is 1. The Morgan fingerprint density at radius 2 is 1.88 bits per heavy atom. The third kappa shape index (κ3) is 5.30. The quantitative estimate of drug-likeness (QED) is 0.611. The molecular formula is C21H19ClF3N3O5. The summed E-state index contributed by atoms with van der Waals surface area (Å²) in [6.45, 7) is 1.03. The second kappa shape index (κ2) is 9.57. The smallest absolute Gasteiger partial charge is 0.417 e. The van der Waals surface area contributed by atoms with E-state index < -0.39 is 46.9 Å². The predicted octanol–water partition coefficient (Wildman–Crippen LogP) is 3.40. The minimum Gasteiger partial charge on any atom is -0.497 e. The van der Waals surface area contributed by atoms with Gasteiger partial charge in [0.05, 0.1) is 43.1 Å². The summed E-state index contributed by atoms with van der Waals surface area (Å²) >= 11 is 5.72. The van der Waals surface area contributed by atoms with E-state index in [-0.39, 0.29) is 17.9 Å². The lowest BCUT2D eigenvalue weighted by molar-refractivity contribution is -0.139. The number of allylic oxidation sites excluding steroid dienone is 1. The van der Waals surface area contributed by atoms with Gasteiger partial charge in [0.2, 0.25) is 0 Å². The first kappa shape index (κ1) is 24.2. The van der Waals surface area contributed by atoms with Crippen LogP contribution in [0.5, 0.6) is 5.75 Å². The van der Waals surface area contributed by atoms with Crippen LogP contribution >= 0.6 is 11.6 Å². The van der Waals surface area contributed by atoms with Crippen LogP contribution in [0.4, 0.5) is 18.0 Å². The van der Waals surface area contributed by atoms with Gasteiger partial charge in [0.1, 0.15) is 10.8 Å². The van der Waals surface area contributed by atoms with Crippen LogP contribution in [-0.4, -0.2) is 30.3 Å². The molecule has 0 radical (unpaired) electrons. The minimum atomic E-state index is -4.76. The maximum absolute atomic E-state index is 13.2. The van der Waals surface area contributed by atoms with Gasteiger partial charge in [-0.05, 0) is 30.7 Å². The predicted molar refractivity (Wildman–Crippen MR) is 112 cm³/mol. The fraction of sp³-hybridized carbons (Fsp3) is 0.286. The summed E-state index contributed by atoms with van der Waals surface area (Å²) in [7, 11) is 1.47. The van der Waals surface area contributed by atoms with Crippen molar-refractivity contribution in [1.82, 2.24) is 15.2 Å². The number of carbonyl (C=O) groups is 2. The molecule has 1 atom stereocenters. The number of nitrogens with zero attached hydrogens (tertiary/aromatic N) is 1. The molecule has 1 aromatic carbocycles. The monoisotopic (exact) mass is 485 g/mol. The number of aromatic nitrogens is 1. The molecule has 2 aromatic rings. The van der Waals surface area contributed by atoms with Crippen LogP contribution in [-0.2, 0) is 22.3 Å². The Bertz CT molecular complexity index is 1160. The van der Waals surface area contributed by atoms with Crippen LogP contribution in [0.2, 0.25) is 5.02 Å². The molecule has 3 rings (SSSR count). The number of amides is 2. The molecule has 33 heavy (non-hydrogen) atoms. The molecule has 0 fully saturated rings. The Hall–Kier alpha value is -3.47. The van der Waals surface area contributed by atoms with Gasteiger partial charge in [-0.25, -0.2) is 9.59 Å². The van der Waals surface area contributed by atoms with E-state index in [1.807, 2.05) is 0 Å². The van der Waals surface area contributed by atoms with Gasteiger partial charge >= 0.3 is 18.2 Å². The molecule has 1 aliphatic heterocycles.